The van der Waals surface area contributed by atoms with Crippen molar-refractivity contribution in [3.63, 3.8) is 0 Å². The summed E-state index contributed by atoms with van der Waals surface area (Å²) in [6, 6.07) is 9.46. The first-order valence-electron chi connectivity index (χ1n) is 6.76. The molecule has 19 heavy (non-hydrogen) atoms. The molecular formula is C15H20FNO2. The molecule has 0 aliphatic carbocycles. The molecule has 1 aliphatic heterocycles. The number of piperidine rings is 1. The lowest BCUT2D eigenvalue weighted by molar-refractivity contribution is -0.146. The average molecular weight is 265 g/mol. The maximum atomic E-state index is 12.2. The van der Waals surface area contributed by atoms with Crippen LogP contribution in [-0.4, -0.2) is 42.3 Å². The maximum absolute atomic E-state index is 12.2. The first-order valence-corrected chi connectivity index (χ1v) is 6.76. The van der Waals surface area contributed by atoms with Crippen LogP contribution in [-0.2, 0) is 10.2 Å². The second-order valence-electron chi connectivity index (χ2n) is 5.14. The largest absolute Gasteiger partial charge is 0.481 e. The van der Waals surface area contributed by atoms with Gasteiger partial charge in [0, 0.05) is 6.54 Å². The Morgan fingerprint density at radius 3 is 2.42 bits per heavy atom. The van der Waals surface area contributed by atoms with E-state index >= 15 is 0 Å². The SMILES string of the molecule is O=C(O)C1(c2ccccc2)CCN(CCCF)CC1. The van der Waals surface area contributed by atoms with Gasteiger partial charge in [-0.3, -0.25) is 9.18 Å². The van der Waals surface area contributed by atoms with Crippen molar-refractivity contribution in [1.82, 2.24) is 4.90 Å². The third kappa shape index (κ3) is 2.95. The lowest BCUT2D eigenvalue weighted by Gasteiger charge is -2.39. The van der Waals surface area contributed by atoms with Gasteiger partial charge in [-0.2, -0.15) is 0 Å². The highest BCUT2D eigenvalue weighted by atomic mass is 19.1. The molecule has 0 saturated carbocycles. The molecule has 0 atom stereocenters. The third-order valence-electron chi connectivity index (χ3n) is 4.05. The second kappa shape index (κ2) is 6.15. The summed E-state index contributed by atoms with van der Waals surface area (Å²) in [5, 5.41) is 9.63. The molecule has 0 bridgehead atoms. The summed E-state index contributed by atoms with van der Waals surface area (Å²) in [5.41, 5.74) is 0.112. The minimum absolute atomic E-state index is 0.306. The number of aliphatic carboxylic acids is 1. The summed E-state index contributed by atoms with van der Waals surface area (Å²) in [4.78, 5) is 13.9. The van der Waals surface area contributed by atoms with Crippen molar-refractivity contribution < 1.29 is 14.3 Å². The quantitative estimate of drug-likeness (QED) is 0.889. The van der Waals surface area contributed by atoms with Gasteiger partial charge in [-0.1, -0.05) is 30.3 Å². The van der Waals surface area contributed by atoms with E-state index in [4.69, 9.17) is 0 Å². The van der Waals surface area contributed by atoms with E-state index in [0.717, 1.165) is 25.2 Å². The normalized spacial score (nSPS) is 19.2. The Hall–Kier alpha value is -1.42. The Kier molecular flexibility index (Phi) is 4.53. The highest BCUT2D eigenvalue weighted by Crippen LogP contribution is 2.35. The fourth-order valence-electron chi connectivity index (χ4n) is 2.82. The number of alkyl halides is 1. The molecule has 0 amide bonds. The number of carboxylic acids is 1. The summed E-state index contributed by atoms with van der Waals surface area (Å²) in [5.74, 6) is -0.746. The van der Waals surface area contributed by atoms with Crippen molar-refractivity contribution in [2.75, 3.05) is 26.3 Å². The number of carboxylic acid groups (broad SMARTS) is 1. The zero-order chi connectivity index (χ0) is 13.7. The smallest absolute Gasteiger partial charge is 0.314 e. The van der Waals surface area contributed by atoms with E-state index < -0.39 is 11.4 Å². The summed E-state index contributed by atoms with van der Waals surface area (Å²) in [6.07, 6.45) is 1.72. The van der Waals surface area contributed by atoms with Gasteiger partial charge in [0.05, 0.1) is 12.1 Å². The molecule has 0 radical (unpaired) electrons. The van der Waals surface area contributed by atoms with E-state index in [1.54, 1.807) is 0 Å². The minimum atomic E-state index is -0.770. The van der Waals surface area contributed by atoms with Gasteiger partial charge in [-0.05, 0) is 37.9 Å². The molecular weight excluding hydrogens is 245 g/mol. The molecule has 0 spiro atoms. The number of nitrogens with zero attached hydrogens (tertiary/aromatic N) is 1. The van der Waals surface area contributed by atoms with Crippen molar-refractivity contribution in [1.29, 1.82) is 0 Å². The zero-order valence-electron chi connectivity index (χ0n) is 11.0. The Morgan fingerprint density at radius 1 is 1.26 bits per heavy atom. The second-order valence-corrected chi connectivity index (χ2v) is 5.14. The van der Waals surface area contributed by atoms with Crippen LogP contribution in [0.4, 0.5) is 4.39 Å². The monoisotopic (exact) mass is 265 g/mol. The predicted octanol–water partition coefficient (Wildman–Crippen LogP) is 2.46. The molecule has 1 fully saturated rings. The van der Waals surface area contributed by atoms with Crippen LogP contribution in [0.2, 0.25) is 0 Å². The Bertz CT molecular complexity index is 413. The molecule has 4 heteroatoms. The van der Waals surface area contributed by atoms with Crippen LogP contribution in [0.5, 0.6) is 0 Å². The topological polar surface area (TPSA) is 40.5 Å². The average Bonchev–Trinajstić information content (AvgIpc) is 2.46. The van der Waals surface area contributed by atoms with Crippen molar-refractivity contribution in [3.05, 3.63) is 35.9 Å². The number of rotatable bonds is 5. The summed E-state index contributed by atoms with van der Waals surface area (Å²) in [7, 11) is 0. The number of halogens is 1. The molecule has 0 unspecified atom stereocenters. The van der Waals surface area contributed by atoms with Crippen molar-refractivity contribution in [2.24, 2.45) is 0 Å². The maximum Gasteiger partial charge on any atom is 0.314 e. The van der Waals surface area contributed by atoms with Crippen LogP contribution < -0.4 is 0 Å². The van der Waals surface area contributed by atoms with Gasteiger partial charge >= 0.3 is 5.97 Å². The lowest BCUT2D eigenvalue weighted by atomic mass is 9.73. The van der Waals surface area contributed by atoms with E-state index in [2.05, 4.69) is 4.90 Å². The molecule has 3 nitrogen and oxygen atoms in total. The van der Waals surface area contributed by atoms with Gasteiger partial charge in [-0.15, -0.1) is 0 Å². The third-order valence-corrected chi connectivity index (χ3v) is 4.05. The van der Waals surface area contributed by atoms with Crippen LogP contribution in [0, 0.1) is 0 Å². The van der Waals surface area contributed by atoms with Crippen molar-refractivity contribution in [2.45, 2.75) is 24.7 Å². The molecule has 1 aromatic carbocycles. The van der Waals surface area contributed by atoms with Crippen LogP contribution >= 0.6 is 0 Å². The molecule has 1 saturated heterocycles. The first-order chi connectivity index (χ1) is 9.19. The first kappa shape index (κ1) is 14.0. The Labute approximate surface area is 113 Å². The predicted molar refractivity (Wildman–Crippen MR) is 72.0 cm³/mol. The highest BCUT2D eigenvalue weighted by Gasteiger charge is 2.42. The summed E-state index contributed by atoms with van der Waals surface area (Å²) >= 11 is 0. The standard InChI is InChI=1S/C15H20FNO2/c16-9-4-10-17-11-7-15(8-12-17,14(18)19)13-5-2-1-3-6-13/h1-3,5-6H,4,7-12H2,(H,18,19). The Balaban J connectivity index is 2.10. The van der Waals surface area contributed by atoms with E-state index in [9.17, 15) is 14.3 Å². The zero-order valence-corrected chi connectivity index (χ0v) is 11.0. The molecule has 2 rings (SSSR count). The van der Waals surface area contributed by atoms with Crippen LogP contribution in [0.1, 0.15) is 24.8 Å². The molecule has 1 aromatic rings. The fourth-order valence-corrected chi connectivity index (χ4v) is 2.82. The van der Waals surface area contributed by atoms with Gasteiger partial charge in [-0.25, -0.2) is 0 Å². The highest BCUT2D eigenvalue weighted by molar-refractivity contribution is 5.81. The van der Waals surface area contributed by atoms with Crippen molar-refractivity contribution >= 4 is 5.97 Å². The number of benzene rings is 1. The number of hydrogen-bond donors (Lipinski definition) is 1. The van der Waals surface area contributed by atoms with Crippen LogP contribution in [0.3, 0.4) is 0 Å². The molecule has 1 aliphatic rings. The Morgan fingerprint density at radius 2 is 1.89 bits per heavy atom. The van der Waals surface area contributed by atoms with Gasteiger partial charge in [0.25, 0.3) is 0 Å². The van der Waals surface area contributed by atoms with Crippen LogP contribution in [0.25, 0.3) is 0 Å². The summed E-state index contributed by atoms with van der Waals surface area (Å²) < 4.78 is 12.2. The van der Waals surface area contributed by atoms with Gasteiger partial charge in [0.15, 0.2) is 0 Å². The van der Waals surface area contributed by atoms with E-state index in [1.807, 2.05) is 30.3 Å². The lowest BCUT2D eigenvalue weighted by Crippen LogP contribution is -2.47. The van der Waals surface area contributed by atoms with E-state index in [0.29, 0.717) is 19.3 Å². The van der Waals surface area contributed by atoms with E-state index in [-0.39, 0.29) is 6.67 Å². The van der Waals surface area contributed by atoms with Crippen LogP contribution in [0.15, 0.2) is 30.3 Å². The minimum Gasteiger partial charge on any atom is -0.481 e. The number of carbonyl (C=O) groups is 1. The number of likely N-dealkylation sites (tertiary alicyclic amines) is 1. The molecule has 104 valence electrons. The number of hydrogen-bond acceptors (Lipinski definition) is 2. The van der Waals surface area contributed by atoms with Gasteiger partial charge in [0.2, 0.25) is 0 Å². The summed E-state index contributed by atoms with van der Waals surface area (Å²) in [6.45, 7) is 1.86. The van der Waals surface area contributed by atoms with Crippen molar-refractivity contribution in [3.8, 4) is 0 Å². The van der Waals surface area contributed by atoms with E-state index in [1.165, 1.54) is 0 Å². The molecule has 1 N–H and O–H groups in total. The molecule has 0 aromatic heterocycles. The molecule has 1 heterocycles. The fraction of sp³-hybridized carbons (Fsp3) is 0.533. The van der Waals surface area contributed by atoms with Gasteiger partial charge in [0.1, 0.15) is 0 Å². The van der Waals surface area contributed by atoms with Gasteiger partial charge < -0.3 is 10.0 Å².